The van der Waals surface area contributed by atoms with Crippen LogP contribution in [0.1, 0.15) is 13.8 Å². The van der Waals surface area contributed by atoms with E-state index in [-0.39, 0.29) is 6.09 Å². The molecule has 0 rings (SSSR count). The second kappa shape index (κ2) is 6.28. The summed E-state index contributed by atoms with van der Waals surface area (Å²) in [4.78, 5) is 10.7. The van der Waals surface area contributed by atoms with Gasteiger partial charge < -0.3 is 10.1 Å². The number of nitrogens with one attached hydrogen (secondary N) is 1. The molecule has 0 spiro atoms. The molecule has 0 saturated carbocycles. The maximum Gasteiger partial charge on any atom is 0.407 e. The fourth-order valence-corrected chi connectivity index (χ4v) is 0.537. The Morgan fingerprint density at radius 2 is 2.27 bits per heavy atom. The van der Waals surface area contributed by atoms with Crippen molar-refractivity contribution in [3.05, 3.63) is 0 Å². The van der Waals surface area contributed by atoms with Gasteiger partial charge in [0.1, 0.15) is 0 Å². The third-order valence-electron chi connectivity index (χ3n) is 0.912. The zero-order valence-corrected chi connectivity index (χ0v) is 7.65. The van der Waals surface area contributed by atoms with E-state index in [1.54, 1.807) is 0 Å². The van der Waals surface area contributed by atoms with E-state index in [0.29, 0.717) is 24.9 Å². The Labute approximate surface area is 72.1 Å². The van der Waals surface area contributed by atoms with E-state index < -0.39 is 0 Å². The van der Waals surface area contributed by atoms with Gasteiger partial charge >= 0.3 is 6.09 Å². The number of carbonyl (C=O) groups excluding carboxylic acids is 1. The lowest BCUT2D eigenvalue weighted by Crippen LogP contribution is -2.27. The molecule has 0 aromatic carbocycles. The normalized spacial score (nSPS) is 9.82. The number of alkyl halides is 1. The predicted octanol–water partition coefficient (Wildman–Crippen LogP) is 1.61. The van der Waals surface area contributed by atoms with Crippen LogP contribution in [0.15, 0.2) is 0 Å². The van der Waals surface area contributed by atoms with Gasteiger partial charge in [-0.3, -0.25) is 0 Å². The number of alkyl carbamates (subject to hydrolysis) is 1. The quantitative estimate of drug-likeness (QED) is 0.666. The smallest absolute Gasteiger partial charge is 0.407 e. The van der Waals surface area contributed by atoms with Crippen molar-refractivity contribution in [1.29, 1.82) is 0 Å². The number of hydrogen-bond acceptors (Lipinski definition) is 2. The summed E-state index contributed by atoms with van der Waals surface area (Å²) in [5.41, 5.74) is 0. The van der Waals surface area contributed by atoms with Crippen molar-refractivity contribution in [1.82, 2.24) is 5.32 Å². The summed E-state index contributed by atoms with van der Waals surface area (Å²) in [6.07, 6.45) is -0.389. The third-order valence-corrected chi connectivity index (χ3v) is 1.10. The van der Waals surface area contributed by atoms with Gasteiger partial charge in [-0.1, -0.05) is 13.8 Å². The van der Waals surface area contributed by atoms with E-state index in [1.165, 1.54) is 0 Å². The van der Waals surface area contributed by atoms with E-state index in [9.17, 15) is 4.79 Å². The fraction of sp³-hybridized carbons (Fsp3) is 0.857. The Morgan fingerprint density at radius 3 is 2.73 bits per heavy atom. The number of ether oxygens (including phenoxy) is 1. The molecule has 0 aliphatic heterocycles. The minimum absolute atomic E-state index is 0.372. The molecular formula is C7H14ClNO2. The van der Waals surface area contributed by atoms with E-state index in [2.05, 4.69) is 5.32 Å². The first-order valence-electron chi connectivity index (χ1n) is 3.63. The molecule has 0 unspecified atom stereocenters. The standard InChI is InChI=1S/C7H14ClNO2/c1-6(2)5-11-7(10)9-4-3-8/h6H,3-5H2,1-2H3,(H,9,10). The van der Waals surface area contributed by atoms with Crippen LogP contribution in [0, 0.1) is 5.92 Å². The lowest BCUT2D eigenvalue weighted by atomic mass is 10.2. The van der Waals surface area contributed by atoms with Crippen LogP contribution >= 0.6 is 11.6 Å². The van der Waals surface area contributed by atoms with Crippen LogP contribution in [-0.4, -0.2) is 25.1 Å². The van der Waals surface area contributed by atoms with Crippen LogP contribution in [0.3, 0.4) is 0 Å². The monoisotopic (exact) mass is 179 g/mol. The van der Waals surface area contributed by atoms with Gasteiger partial charge in [-0.05, 0) is 5.92 Å². The number of rotatable bonds is 4. The van der Waals surface area contributed by atoms with Crippen LogP contribution in [-0.2, 0) is 4.74 Å². The molecule has 0 aliphatic rings. The number of halogens is 1. The van der Waals surface area contributed by atoms with Crippen molar-refractivity contribution >= 4 is 17.7 Å². The molecular weight excluding hydrogens is 166 g/mol. The van der Waals surface area contributed by atoms with Crippen LogP contribution in [0.2, 0.25) is 0 Å². The Kier molecular flexibility index (Phi) is 6.03. The lowest BCUT2D eigenvalue weighted by molar-refractivity contribution is 0.133. The van der Waals surface area contributed by atoms with E-state index in [4.69, 9.17) is 16.3 Å². The molecule has 4 heteroatoms. The zero-order chi connectivity index (χ0) is 8.69. The van der Waals surface area contributed by atoms with Gasteiger partial charge in [-0.25, -0.2) is 4.79 Å². The number of amides is 1. The van der Waals surface area contributed by atoms with Crippen LogP contribution < -0.4 is 5.32 Å². The molecule has 0 saturated heterocycles. The van der Waals surface area contributed by atoms with E-state index in [0.717, 1.165) is 0 Å². The van der Waals surface area contributed by atoms with Crippen molar-refractivity contribution < 1.29 is 9.53 Å². The first-order chi connectivity index (χ1) is 5.16. The van der Waals surface area contributed by atoms with Crippen LogP contribution in [0.4, 0.5) is 4.79 Å². The van der Waals surface area contributed by atoms with Gasteiger partial charge in [-0.15, -0.1) is 11.6 Å². The first-order valence-corrected chi connectivity index (χ1v) is 4.17. The predicted molar refractivity (Wildman–Crippen MR) is 44.9 cm³/mol. The van der Waals surface area contributed by atoms with Crippen molar-refractivity contribution in [2.24, 2.45) is 5.92 Å². The molecule has 11 heavy (non-hydrogen) atoms. The largest absolute Gasteiger partial charge is 0.449 e. The molecule has 0 aromatic rings. The highest BCUT2D eigenvalue weighted by atomic mass is 35.5. The van der Waals surface area contributed by atoms with Gasteiger partial charge in [0, 0.05) is 12.4 Å². The van der Waals surface area contributed by atoms with Crippen molar-refractivity contribution in [2.75, 3.05) is 19.0 Å². The average Bonchev–Trinajstić information content (AvgIpc) is 1.97. The van der Waals surface area contributed by atoms with Crippen molar-refractivity contribution in [3.63, 3.8) is 0 Å². The zero-order valence-electron chi connectivity index (χ0n) is 6.89. The van der Waals surface area contributed by atoms with Crippen LogP contribution in [0.25, 0.3) is 0 Å². The maximum absolute atomic E-state index is 10.7. The second-order valence-corrected chi connectivity index (χ2v) is 2.99. The SMILES string of the molecule is CC(C)COC(=O)NCCCl. The summed E-state index contributed by atoms with van der Waals surface area (Å²) in [7, 11) is 0. The highest BCUT2D eigenvalue weighted by molar-refractivity contribution is 6.18. The average molecular weight is 180 g/mol. The fourth-order valence-electron chi connectivity index (χ4n) is 0.443. The van der Waals surface area contributed by atoms with Gasteiger partial charge in [0.05, 0.1) is 6.61 Å². The Hall–Kier alpha value is -0.440. The molecule has 1 amide bonds. The molecule has 0 atom stereocenters. The number of hydrogen-bond donors (Lipinski definition) is 1. The van der Waals surface area contributed by atoms with Crippen molar-refractivity contribution in [2.45, 2.75) is 13.8 Å². The van der Waals surface area contributed by atoms with Gasteiger partial charge in [0.2, 0.25) is 0 Å². The summed E-state index contributed by atoms with van der Waals surface area (Å²) in [5.74, 6) is 0.785. The molecule has 0 aliphatic carbocycles. The van der Waals surface area contributed by atoms with E-state index in [1.807, 2.05) is 13.8 Å². The first kappa shape index (κ1) is 10.6. The molecule has 3 nitrogen and oxygen atoms in total. The summed E-state index contributed by atoms with van der Waals surface area (Å²) in [6, 6.07) is 0. The summed E-state index contributed by atoms with van der Waals surface area (Å²) in [6.45, 7) is 4.87. The second-order valence-electron chi connectivity index (χ2n) is 2.61. The Morgan fingerprint density at radius 1 is 1.64 bits per heavy atom. The highest BCUT2D eigenvalue weighted by Gasteiger charge is 2.01. The summed E-state index contributed by atoms with van der Waals surface area (Å²) < 4.78 is 4.80. The molecule has 0 aromatic heterocycles. The van der Waals surface area contributed by atoms with Crippen LogP contribution in [0.5, 0.6) is 0 Å². The Bertz CT molecular complexity index is 117. The molecule has 0 heterocycles. The van der Waals surface area contributed by atoms with Gasteiger partial charge in [0.15, 0.2) is 0 Å². The molecule has 0 radical (unpaired) electrons. The minimum atomic E-state index is -0.389. The van der Waals surface area contributed by atoms with Gasteiger partial charge in [-0.2, -0.15) is 0 Å². The Balaban J connectivity index is 3.23. The minimum Gasteiger partial charge on any atom is -0.449 e. The van der Waals surface area contributed by atoms with E-state index >= 15 is 0 Å². The molecule has 1 N–H and O–H groups in total. The highest BCUT2D eigenvalue weighted by Crippen LogP contribution is 1.91. The third kappa shape index (κ3) is 7.46. The lowest BCUT2D eigenvalue weighted by Gasteiger charge is -2.06. The van der Waals surface area contributed by atoms with Crippen molar-refractivity contribution in [3.8, 4) is 0 Å². The molecule has 0 bridgehead atoms. The summed E-state index contributed by atoms with van der Waals surface area (Å²) >= 11 is 5.34. The summed E-state index contributed by atoms with van der Waals surface area (Å²) in [5, 5.41) is 2.49. The number of carbonyl (C=O) groups is 1. The topological polar surface area (TPSA) is 38.3 Å². The van der Waals surface area contributed by atoms with Gasteiger partial charge in [0.25, 0.3) is 0 Å². The molecule has 66 valence electrons. The maximum atomic E-state index is 10.7. The molecule has 0 fully saturated rings.